The van der Waals surface area contributed by atoms with E-state index in [9.17, 15) is 38.2 Å². The summed E-state index contributed by atoms with van der Waals surface area (Å²) in [7, 11) is -5.09. The first-order chi connectivity index (χ1) is 33.0. The number of amides is 1. The van der Waals surface area contributed by atoms with Crippen LogP contribution >= 0.6 is 0 Å². The summed E-state index contributed by atoms with van der Waals surface area (Å²) in [6.07, 6.45) is 47.5. The lowest BCUT2D eigenvalue weighted by Crippen LogP contribution is -2.61. The Morgan fingerprint density at radius 2 is 0.971 bits per heavy atom. The smallest absolute Gasteiger partial charge is 0.394 e. The lowest BCUT2D eigenvalue weighted by Gasteiger charge is -2.41. The first-order valence-corrected chi connectivity index (χ1v) is 29.3. The fourth-order valence-electron chi connectivity index (χ4n) is 8.86. The Morgan fingerprint density at radius 1 is 0.588 bits per heavy atom. The summed E-state index contributed by atoms with van der Waals surface area (Å²) in [5.41, 5.74) is 0. The van der Waals surface area contributed by atoms with Crippen molar-refractivity contribution in [2.24, 2.45) is 0 Å². The molecule has 0 bridgehead atoms. The number of ether oxygens (including phenoxy) is 2. The maximum atomic E-state index is 13.1. The number of carbonyl (C=O) groups excluding carboxylic acids is 1. The average Bonchev–Trinajstić information content (AvgIpc) is 3.31. The van der Waals surface area contributed by atoms with Crippen molar-refractivity contribution in [2.45, 2.75) is 294 Å². The van der Waals surface area contributed by atoms with Gasteiger partial charge in [0.25, 0.3) is 0 Å². The molecule has 7 atom stereocenters. The molecular formula is C55H103NO11S. The fraction of sp³-hybridized carbons (Fsp3) is 0.873. The van der Waals surface area contributed by atoms with Crippen molar-refractivity contribution >= 4 is 16.3 Å². The van der Waals surface area contributed by atoms with Crippen molar-refractivity contribution < 1.29 is 51.8 Å². The Labute approximate surface area is 415 Å². The standard InChI is InChI=1S/C55H103NO11S/c1-3-5-7-9-11-13-15-17-19-21-23-24-25-27-28-30-32-34-36-38-40-42-44-49(58)48(47-65-55-53(61)54(67-68(62,63)64)52(60)50(46-57)66-55)56-51(59)45-43-41-39-37-35-33-31-29-26-22-20-18-16-14-12-10-8-6-4-2/h12,14,16,18,42,44,48-50,52-55,57-58,60-61H,3-11,13,15,17,19-41,43,45-47H2,1-2H3,(H,56,59)(H,62,63,64)/b14-12-,18-16-,44-42+. The van der Waals surface area contributed by atoms with Gasteiger partial charge in [-0.1, -0.05) is 237 Å². The summed E-state index contributed by atoms with van der Waals surface area (Å²) < 4.78 is 47.8. The van der Waals surface area contributed by atoms with Gasteiger partial charge in [-0.05, 0) is 44.9 Å². The van der Waals surface area contributed by atoms with Crippen LogP contribution in [0.15, 0.2) is 36.5 Å². The number of allylic oxidation sites excluding steroid dienone is 5. The molecule has 1 rings (SSSR count). The van der Waals surface area contributed by atoms with Gasteiger partial charge in [0, 0.05) is 6.42 Å². The number of aliphatic hydroxyl groups is 4. The van der Waals surface area contributed by atoms with Gasteiger partial charge in [-0.25, -0.2) is 4.18 Å². The van der Waals surface area contributed by atoms with Crippen LogP contribution in [-0.4, -0.2) is 95.4 Å². The monoisotopic (exact) mass is 986 g/mol. The topological polar surface area (TPSA) is 192 Å². The molecule has 6 N–H and O–H groups in total. The van der Waals surface area contributed by atoms with E-state index in [0.717, 1.165) is 44.9 Å². The van der Waals surface area contributed by atoms with Crippen LogP contribution in [0.4, 0.5) is 0 Å². The van der Waals surface area contributed by atoms with Crippen LogP contribution in [0.5, 0.6) is 0 Å². The second-order valence-electron chi connectivity index (χ2n) is 19.6. The molecule has 12 nitrogen and oxygen atoms in total. The van der Waals surface area contributed by atoms with Gasteiger partial charge in [-0.2, -0.15) is 8.42 Å². The Bertz CT molecular complexity index is 1340. The zero-order valence-electron chi connectivity index (χ0n) is 43.2. The lowest BCUT2D eigenvalue weighted by atomic mass is 9.99. The van der Waals surface area contributed by atoms with Gasteiger partial charge >= 0.3 is 10.4 Å². The third-order valence-corrected chi connectivity index (χ3v) is 13.7. The molecule has 0 aliphatic carbocycles. The summed E-state index contributed by atoms with van der Waals surface area (Å²) in [6, 6.07) is -0.946. The molecule has 68 heavy (non-hydrogen) atoms. The molecule has 13 heteroatoms. The first-order valence-electron chi connectivity index (χ1n) is 27.9. The molecule has 1 saturated heterocycles. The highest BCUT2D eigenvalue weighted by Gasteiger charge is 2.48. The quantitative estimate of drug-likeness (QED) is 0.0147. The van der Waals surface area contributed by atoms with E-state index in [1.807, 2.05) is 6.08 Å². The molecule has 400 valence electrons. The summed E-state index contributed by atoms with van der Waals surface area (Å²) in [6.45, 7) is 3.39. The molecule has 0 aromatic rings. The molecule has 0 aromatic heterocycles. The van der Waals surface area contributed by atoms with Gasteiger partial charge < -0.3 is 35.2 Å². The molecule has 0 aromatic carbocycles. The van der Waals surface area contributed by atoms with E-state index >= 15 is 0 Å². The second-order valence-corrected chi connectivity index (χ2v) is 20.6. The number of nitrogens with one attached hydrogen (secondary N) is 1. The van der Waals surface area contributed by atoms with Gasteiger partial charge in [0.05, 0.1) is 25.4 Å². The molecule has 0 radical (unpaired) electrons. The number of hydrogen-bond donors (Lipinski definition) is 6. The first kappa shape index (κ1) is 64.3. The summed E-state index contributed by atoms with van der Waals surface area (Å²) >= 11 is 0. The SMILES string of the molecule is CCCCC/C=C\C=C/CCCCCCCCCCCCC(=O)NC(COC1OC(CO)C(O)C(OS(=O)(=O)O)C1O)C(O)/C=C/CCCCCCCCCCCCCCCCCCCCCC. The van der Waals surface area contributed by atoms with Crippen molar-refractivity contribution in [1.29, 1.82) is 0 Å². The highest BCUT2D eigenvalue weighted by Crippen LogP contribution is 2.26. The zero-order valence-corrected chi connectivity index (χ0v) is 44.0. The second kappa shape index (κ2) is 45.2. The lowest BCUT2D eigenvalue weighted by molar-refractivity contribution is -0.298. The molecule has 1 heterocycles. The van der Waals surface area contributed by atoms with E-state index < -0.39 is 59.9 Å². The van der Waals surface area contributed by atoms with Crippen LogP contribution in [0.2, 0.25) is 0 Å². The average molecular weight is 986 g/mol. The van der Waals surface area contributed by atoms with Gasteiger partial charge in [0.15, 0.2) is 6.29 Å². The number of carbonyl (C=O) groups is 1. The van der Waals surface area contributed by atoms with Gasteiger partial charge in [0.1, 0.15) is 24.4 Å². The third kappa shape index (κ3) is 37.1. The van der Waals surface area contributed by atoms with Crippen LogP contribution in [-0.2, 0) is 28.9 Å². The minimum absolute atomic E-state index is 0.265. The third-order valence-electron chi connectivity index (χ3n) is 13.2. The summed E-state index contributed by atoms with van der Waals surface area (Å²) in [5, 5.41) is 44.9. The summed E-state index contributed by atoms with van der Waals surface area (Å²) in [4.78, 5) is 13.1. The predicted molar refractivity (Wildman–Crippen MR) is 278 cm³/mol. The van der Waals surface area contributed by atoms with E-state index in [1.165, 1.54) is 180 Å². The molecule has 1 fully saturated rings. The van der Waals surface area contributed by atoms with Gasteiger partial charge in [-0.15, -0.1) is 0 Å². The Balaban J connectivity index is 2.41. The molecule has 7 unspecified atom stereocenters. The van der Waals surface area contributed by atoms with E-state index in [-0.39, 0.29) is 18.9 Å². The maximum absolute atomic E-state index is 13.1. The molecular weight excluding hydrogens is 883 g/mol. The van der Waals surface area contributed by atoms with Gasteiger partial charge in [0.2, 0.25) is 5.91 Å². The van der Waals surface area contributed by atoms with E-state index in [2.05, 4.69) is 47.7 Å². The Hall–Kier alpha value is -1.68. The molecule has 1 aliphatic rings. The van der Waals surface area contributed by atoms with Crippen LogP contribution in [0.1, 0.15) is 251 Å². The van der Waals surface area contributed by atoms with E-state index in [0.29, 0.717) is 6.42 Å². The van der Waals surface area contributed by atoms with Crippen molar-refractivity contribution in [1.82, 2.24) is 5.32 Å². The predicted octanol–water partition coefficient (Wildman–Crippen LogP) is 12.6. The minimum Gasteiger partial charge on any atom is -0.394 e. The van der Waals surface area contributed by atoms with Crippen LogP contribution in [0.3, 0.4) is 0 Å². The van der Waals surface area contributed by atoms with Crippen molar-refractivity contribution in [2.75, 3.05) is 13.2 Å². The fourth-order valence-corrected chi connectivity index (χ4v) is 9.37. The number of aliphatic hydroxyl groups excluding tert-OH is 4. The highest BCUT2D eigenvalue weighted by atomic mass is 32.3. The Morgan fingerprint density at radius 3 is 1.40 bits per heavy atom. The molecule has 0 spiro atoms. The van der Waals surface area contributed by atoms with Crippen LogP contribution < -0.4 is 5.32 Å². The van der Waals surface area contributed by atoms with E-state index in [4.69, 9.17) is 9.47 Å². The normalized spacial score (nSPS) is 20.0. The minimum atomic E-state index is -5.09. The van der Waals surface area contributed by atoms with Crippen molar-refractivity contribution in [3.8, 4) is 0 Å². The molecule has 0 saturated carbocycles. The van der Waals surface area contributed by atoms with Crippen LogP contribution in [0, 0.1) is 0 Å². The molecule has 1 amide bonds. The summed E-state index contributed by atoms with van der Waals surface area (Å²) in [5.74, 6) is -0.265. The van der Waals surface area contributed by atoms with Gasteiger partial charge in [-0.3, -0.25) is 9.35 Å². The number of unbranched alkanes of at least 4 members (excludes halogenated alkanes) is 33. The highest BCUT2D eigenvalue weighted by molar-refractivity contribution is 7.80. The van der Waals surface area contributed by atoms with E-state index in [1.54, 1.807) is 6.08 Å². The zero-order chi connectivity index (χ0) is 49.8. The number of hydrogen-bond acceptors (Lipinski definition) is 10. The largest absolute Gasteiger partial charge is 0.397 e. The number of rotatable bonds is 48. The Kier molecular flexibility index (Phi) is 42.8. The molecule has 1 aliphatic heterocycles. The maximum Gasteiger partial charge on any atom is 0.397 e. The van der Waals surface area contributed by atoms with Crippen molar-refractivity contribution in [3.05, 3.63) is 36.5 Å². The van der Waals surface area contributed by atoms with Crippen molar-refractivity contribution in [3.63, 3.8) is 0 Å². The van der Waals surface area contributed by atoms with Crippen LogP contribution in [0.25, 0.3) is 0 Å².